The van der Waals surface area contributed by atoms with Crippen LogP contribution in [-0.4, -0.2) is 15.8 Å². The molecule has 0 bridgehead atoms. The minimum atomic E-state index is -0.196. The van der Waals surface area contributed by atoms with Crippen molar-refractivity contribution in [3.8, 4) is 5.69 Å². The van der Waals surface area contributed by atoms with Gasteiger partial charge in [-0.3, -0.25) is 0 Å². The number of nitrogens with zero attached hydrogens (tertiary/aromatic N) is 2. The van der Waals surface area contributed by atoms with Crippen LogP contribution in [0.3, 0.4) is 0 Å². The number of aryl methyl sites for hydroxylation is 1. The van der Waals surface area contributed by atoms with Gasteiger partial charge in [0.15, 0.2) is 0 Å². The summed E-state index contributed by atoms with van der Waals surface area (Å²) in [5.41, 5.74) is 5.72. The highest BCUT2D eigenvalue weighted by Gasteiger charge is 2.26. The van der Waals surface area contributed by atoms with Crippen LogP contribution in [0.25, 0.3) is 5.69 Å². The Morgan fingerprint density at radius 3 is 2.68 bits per heavy atom. The quantitative estimate of drug-likeness (QED) is 0.524. The van der Waals surface area contributed by atoms with Crippen LogP contribution < -0.4 is 5.32 Å². The molecular formula is C23H23BrFN3. The zero-order chi connectivity index (χ0) is 19.7. The van der Waals surface area contributed by atoms with E-state index in [0.717, 1.165) is 34.4 Å². The minimum absolute atomic E-state index is 0.196. The fraction of sp³-hybridized carbons (Fsp3) is 0.261. The first-order valence-electron chi connectivity index (χ1n) is 9.49. The molecule has 1 aromatic heterocycles. The summed E-state index contributed by atoms with van der Waals surface area (Å²) >= 11 is 3.54. The fourth-order valence-electron chi connectivity index (χ4n) is 3.97. The van der Waals surface area contributed by atoms with Crippen LogP contribution in [0, 0.1) is 19.7 Å². The van der Waals surface area contributed by atoms with E-state index < -0.39 is 0 Å². The van der Waals surface area contributed by atoms with Gasteiger partial charge in [0.1, 0.15) is 5.82 Å². The highest BCUT2D eigenvalue weighted by atomic mass is 79.9. The van der Waals surface area contributed by atoms with Crippen molar-refractivity contribution in [2.45, 2.75) is 38.8 Å². The van der Waals surface area contributed by atoms with Gasteiger partial charge in [-0.25, -0.2) is 9.07 Å². The average molecular weight is 440 g/mol. The summed E-state index contributed by atoms with van der Waals surface area (Å²) in [5.74, 6) is 0.157. The maximum atomic E-state index is 13.0. The van der Waals surface area contributed by atoms with Crippen LogP contribution in [0.1, 0.15) is 34.9 Å². The molecule has 4 rings (SSSR count). The molecule has 0 saturated heterocycles. The van der Waals surface area contributed by atoms with Crippen LogP contribution >= 0.6 is 15.9 Å². The van der Waals surface area contributed by atoms with Crippen LogP contribution in [0.4, 0.5) is 4.39 Å². The second-order valence-corrected chi connectivity index (χ2v) is 8.23. The van der Waals surface area contributed by atoms with Crippen molar-refractivity contribution in [2.75, 3.05) is 0 Å². The summed E-state index contributed by atoms with van der Waals surface area (Å²) in [7, 11) is 0. The van der Waals surface area contributed by atoms with E-state index >= 15 is 0 Å². The number of nitrogens with one attached hydrogen (secondary N) is 1. The molecule has 0 unspecified atom stereocenters. The second kappa shape index (κ2) is 8.02. The molecule has 2 atom stereocenters. The van der Waals surface area contributed by atoms with Gasteiger partial charge in [-0.05, 0) is 56.2 Å². The third-order valence-electron chi connectivity index (χ3n) is 5.34. The topological polar surface area (TPSA) is 29.9 Å². The van der Waals surface area contributed by atoms with Gasteiger partial charge < -0.3 is 5.32 Å². The number of allylic oxidation sites excluding steroid dienone is 1. The molecule has 0 saturated carbocycles. The molecule has 1 aliphatic rings. The van der Waals surface area contributed by atoms with E-state index in [1.54, 1.807) is 0 Å². The first-order chi connectivity index (χ1) is 13.5. The van der Waals surface area contributed by atoms with E-state index in [4.69, 9.17) is 5.10 Å². The summed E-state index contributed by atoms with van der Waals surface area (Å²) in [6, 6.07) is 15.2. The minimum Gasteiger partial charge on any atom is -0.306 e. The summed E-state index contributed by atoms with van der Waals surface area (Å²) in [6.45, 7) is 4.96. The van der Waals surface area contributed by atoms with Gasteiger partial charge in [0, 0.05) is 34.2 Å². The Labute approximate surface area is 173 Å². The fourth-order valence-corrected chi connectivity index (χ4v) is 4.35. The van der Waals surface area contributed by atoms with Crippen molar-refractivity contribution in [3.63, 3.8) is 0 Å². The van der Waals surface area contributed by atoms with Crippen molar-refractivity contribution in [1.82, 2.24) is 15.1 Å². The van der Waals surface area contributed by atoms with E-state index in [2.05, 4.69) is 59.4 Å². The SMILES string of the molecule is Cc1nn(-c2cccc(Br)c2)c(C)c1[C@H]1C=C[C@@H](NCc2ccc(F)cc2)C1. The molecule has 0 spiro atoms. The van der Waals surface area contributed by atoms with Crippen LogP contribution in [0.2, 0.25) is 0 Å². The molecule has 3 aromatic rings. The van der Waals surface area contributed by atoms with Crippen LogP contribution in [-0.2, 0) is 6.54 Å². The summed E-state index contributed by atoms with van der Waals surface area (Å²) in [5, 5.41) is 8.36. The van der Waals surface area contributed by atoms with E-state index in [1.807, 2.05) is 28.9 Å². The Morgan fingerprint density at radius 1 is 1.14 bits per heavy atom. The lowest BCUT2D eigenvalue weighted by molar-refractivity contribution is 0.558. The smallest absolute Gasteiger partial charge is 0.123 e. The number of hydrogen-bond acceptors (Lipinski definition) is 2. The van der Waals surface area contributed by atoms with E-state index in [0.29, 0.717) is 12.0 Å². The third-order valence-corrected chi connectivity index (χ3v) is 5.83. The molecule has 28 heavy (non-hydrogen) atoms. The maximum Gasteiger partial charge on any atom is 0.123 e. The monoisotopic (exact) mass is 439 g/mol. The predicted octanol–water partition coefficient (Wildman–Crippen LogP) is 5.59. The lowest BCUT2D eigenvalue weighted by Crippen LogP contribution is -2.25. The number of aromatic nitrogens is 2. The van der Waals surface area contributed by atoms with Crippen molar-refractivity contribution in [2.24, 2.45) is 0 Å². The molecule has 0 amide bonds. The van der Waals surface area contributed by atoms with Gasteiger partial charge in [-0.1, -0.05) is 46.3 Å². The molecule has 2 aromatic carbocycles. The molecule has 3 nitrogen and oxygen atoms in total. The first-order valence-corrected chi connectivity index (χ1v) is 10.3. The van der Waals surface area contributed by atoms with Crippen LogP contribution in [0.5, 0.6) is 0 Å². The molecule has 1 aliphatic carbocycles. The Kier molecular flexibility index (Phi) is 5.47. The average Bonchev–Trinajstić information content (AvgIpc) is 3.25. The molecule has 144 valence electrons. The van der Waals surface area contributed by atoms with Crippen molar-refractivity contribution < 1.29 is 4.39 Å². The normalized spacial score (nSPS) is 18.7. The van der Waals surface area contributed by atoms with Gasteiger partial charge in [0.05, 0.1) is 11.4 Å². The third kappa shape index (κ3) is 3.96. The van der Waals surface area contributed by atoms with Gasteiger partial charge in [-0.15, -0.1) is 0 Å². The predicted molar refractivity (Wildman–Crippen MR) is 114 cm³/mol. The van der Waals surface area contributed by atoms with E-state index in [9.17, 15) is 4.39 Å². The number of hydrogen-bond donors (Lipinski definition) is 1. The highest BCUT2D eigenvalue weighted by molar-refractivity contribution is 9.10. The van der Waals surface area contributed by atoms with Crippen molar-refractivity contribution in [3.05, 3.63) is 93.5 Å². The second-order valence-electron chi connectivity index (χ2n) is 7.32. The van der Waals surface area contributed by atoms with E-state index in [1.165, 1.54) is 23.4 Å². The van der Waals surface area contributed by atoms with E-state index in [-0.39, 0.29) is 5.82 Å². The first kappa shape index (κ1) is 19.1. The standard InChI is InChI=1S/C23H23BrFN3/c1-15-23(16(2)28(27-15)22-5-3-4-19(24)13-22)18-8-11-21(12-18)26-14-17-6-9-20(25)10-7-17/h3-11,13,18,21,26H,12,14H2,1-2H3/t18-,21+/m0/s1. The zero-order valence-electron chi connectivity index (χ0n) is 16.0. The summed E-state index contributed by atoms with van der Waals surface area (Å²) in [4.78, 5) is 0. The van der Waals surface area contributed by atoms with Gasteiger partial charge in [-0.2, -0.15) is 5.10 Å². The number of benzene rings is 2. The molecule has 0 fully saturated rings. The summed E-state index contributed by atoms with van der Waals surface area (Å²) < 4.78 is 16.1. The number of rotatable bonds is 5. The highest BCUT2D eigenvalue weighted by Crippen LogP contribution is 2.34. The van der Waals surface area contributed by atoms with Gasteiger partial charge in [0.25, 0.3) is 0 Å². The molecule has 0 radical (unpaired) electrons. The molecular weight excluding hydrogens is 417 g/mol. The van der Waals surface area contributed by atoms with Gasteiger partial charge >= 0.3 is 0 Å². The Morgan fingerprint density at radius 2 is 1.93 bits per heavy atom. The largest absolute Gasteiger partial charge is 0.306 e. The Balaban J connectivity index is 1.47. The van der Waals surface area contributed by atoms with Crippen LogP contribution in [0.15, 0.2) is 65.2 Å². The van der Waals surface area contributed by atoms with Gasteiger partial charge in [0.2, 0.25) is 0 Å². The summed E-state index contributed by atoms with van der Waals surface area (Å²) in [6.07, 6.45) is 5.53. The Bertz CT molecular complexity index is 1010. The maximum absolute atomic E-state index is 13.0. The lowest BCUT2D eigenvalue weighted by atomic mass is 9.96. The molecule has 0 aliphatic heterocycles. The molecule has 1 heterocycles. The Hall–Kier alpha value is -2.24. The van der Waals surface area contributed by atoms with Crippen molar-refractivity contribution in [1.29, 1.82) is 0 Å². The molecule has 1 N–H and O–H groups in total. The van der Waals surface area contributed by atoms with Crippen molar-refractivity contribution >= 4 is 15.9 Å². The molecule has 5 heteroatoms. The number of halogens is 2. The zero-order valence-corrected chi connectivity index (χ0v) is 17.6. The lowest BCUT2D eigenvalue weighted by Gasteiger charge is -2.15.